The van der Waals surface area contributed by atoms with Crippen LogP contribution in [-0.2, 0) is 4.74 Å². The minimum atomic E-state index is -2.24. The molecule has 0 saturated carbocycles. The fraction of sp³-hybridized carbons (Fsp3) is 0.316. The molecule has 2 rings (SSSR count). The first-order chi connectivity index (χ1) is 13.8. The van der Waals surface area contributed by atoms with Crippen molar-refractivity contribution >= 4 is 5.97 Å². The summed E-state index contributed by atoms with van der Waals surface area (Å²) in [6.07, 6.45) is 0.555. The van der Waals surface area contributed by atoms with E-state index in [0.29, 0.717) is 17.9 Å². The normalized spacial score (nSPS) is 10.6. The summed E-state index contributed by atoms with van der Waals surface area (Å²) >= 11 is 0. The maximum atomic E-state index is 13.5. The predicted octanol–water partition coefficient (Wildman–Crippen LogP) is 4.42. The highest BCUT2D eigenvalue weighted by molar-refractivity contribution is 5.90. The van der Waals surface area contributed by atoms with Crippen LogP contribution >= 0.6 is 0 Å². The van der Waals surface area contributed by atoms with E-state index in [2.05, 4.69) is 4.74 Å². The van der Waals surface area contributed by atoms with Gasteiger partial charge in [-0.3, -0.25) is 0 Å². The van der Waals surface area contributed by atoms with Crippen LogP contribution in [0.2, 0.25) is 0 Å². The van der Waals surface area contributed by atoms with Gasteiger partial charge < -0.3 is 18.9 Å². The van der Waals surface area contributed by atoms with Crippen molar-refractivity contribution in [2.75, 3.05) is 27.4 Å². The molecule has 0 aromatic heterocycles. The number of rotatable bonds is 9. The maximum absolute atomic E-state index is 13.5. The Morgan fingerprint density at radius 1 is 0.793 bits per heavy atom. The quantitative estimate of drug-likeness (QED) is 0.198. The molecular formula is C19H17F5O5. The maximum Gasteiger partial charge on any atom is 0.337 e. The lowest BCUT2D eigenvalue weighted by molar-refractivity contribution is 0.0600. The molecule has 0 aliphatic carbocycles. The van der Waals surface area contributed by atoms with Crippen LogP contribution in [0.4, 0.5) is 22.0 Å². The second-order valence-electron chi connectivity index (χ2n) is 5.66. The number of methoxy groups -OCH3 is 2. The minimum Gasteiger partial charge on any atom is -0.493 e. The molecule has 0 radical (unpaired) electrons. The molecule has 0 atom stereocenters. The number of unbranched alkanes of at least 4 members (excludes halogenated alkanes) is 1. The molecule has 0 amide bonds. The van der Waals surface area contributed by atoms with E-state index in [4.69, 9.17) is 14.2 Å². The van der Waals surface area contributed by atoms with Crippen LogP contribution in [0, 0.1) is 29.1 Å². The average molecular weight is 420 g/mol. The number of hydrogen-bond donors (Lipinski definition) is 0. The number of hydrogen-bond acceptors (Lipinski definition) is 5. The SMILES string of the molecule is COC(=O)c1ccc(OCCCCOc2c(F)c(F)c(F)c(F)c2F)c(OC)c1. The van der Waals surface area contributed by atoms with Crippen LogP contribution in [-0.4, -0.2) is 33.4 Å². The van der Waals surface area contributed by atoms with E-state index in [1.807, 2.05) is 0 Å². The Labute approximate surface area is 162 Å². The van der Waals surface area contributed by atoms with E-state index in [-0.39, 0.29) is 25.2 Å². The lowest BCUT2D eigenvalue weighted by atomic mass is 10.2. The molecule has 0 N–H and O–H groups in total. The predicted molar refractivity (Wildman–Crippen MR) is 90.8 cm³/mol. The molecule has 0 aliphatic heterocycles. The zero-order valence-corrected chi connectivity index (χ0v) is 15.5. The lowest BCUT2D eigenvalue weighted by Crippen LogP contribution is -2.09. The molecule has 0 bridgehead atoms. The largest absolute Gasteiger partial charge is 0.493 e. The van der Waals surface area contributed by atoms with Gasteiger partial charge in [-0.05, 0) is 31.0 Å². The van der Waals surface area contributed by atoms with Crippen molar-refractivity contribution in [3.05, 3.63) is 52.8 Å². The van der Waals surface area contributed by atoms with Crippen molar-refractivity contribution in [3.63, 3.8) is 0 Å². The first-order valence-corrected chi connectivity index (χ1v) is 8.35. The highest BCUT2D eigenvalue weighted by Crippen LogP contribution is 2.30. The van der Waals surface area contributed by atoms with Gasteiger partial charge in [-0.15, -0.1) is 0 Å². The van der Waals surface area contributed by atoms with Crippen LogP contribution in [0.3, 0.4) is 0 Å². The summed E-state index contributed by atoms with van der Waals surface area (Å²) in [6, 6.07) is 4.43. The third-order valence-corrected chi connectivity index (χ3v) is 3.80. The summed E-state index contributed by atoms with van der Waals surface area (Å²) in [6.45, 7) is -0.144. The van der Waals surface area contributed by atoms with E-state index in [0.717, 1.165) is 0 Å². The molecule has 0 heterocycles. The Bertz CT molecular complexity index is 859. The van der Waals surface area contributed by atoms with Gasteiger partial charge in [0.05, 0.1) is 33.0 Å². The highest BCUT2D eigenvalue weighted by atomic mass is 19.2. The second-order valence-corrected chi connectivity index (χ2v) is 5.66. The molecule has 5 nitrogen and oxygen atoms in total. The van der Waals surface area contributed by atoms with Gasteiger partial charge in [0.15, 0.2) is 17.2 Å². The second kappa shape index (κ2) is 9.94. The van der Waals surface area contributed by atoms with Gasteiger partial charge in [-0.1, -0.05) is 0 Å². The lowest BCUT2D eigenvalue weighted by Gasteiger charge is -2.12. The minimum absolute atomic E-state index is 0.147. The van der Waals surface area contributed by atoms with Crippen LogP contribution in [0.1, 0.15) is 23.2 Å². The van der Waals surface area contributed by atoms with Gasteiger partial charge in [0.1, 0.15) is 0 Å². The Morgan fingerprint density at radius 2 is 1.34 bits per heavy atom. The Balaban J connectivity index is 1.86. The molecule has 2 aromatic carbocycles. The molecule has 0 aliphatic rings. The molecule has 10 heteroatoms. The van der Waals surface area contributed by atoms with Gasteiger partial charge in [0, 0.05) is 0 Å². The summed E-state index contributed by atoms with van der Waals surface area (Å²) in [5.41, 5.74) is 0.271. The third kappa shape index (κ3) is 5.07. The zero-order chi connectivity index (χ0) is 21.6. The molecule has 29 heavy (non-hydrogen) atoms. The zero-order valence-electron chi connectivity index (χ0n) is 15.5. The van der Waals surface area contributed by atoms with E-state index < -0.39 is 40.8 Å². The Kier molecular flexibility index (Phi) is 7.63. The Hall–Kier alpha value is -3.04. The van der Waals surface area contributed by atoms with E-state index in [1.54, 1.807) is 0 Å². The highest BCUT2D eigenvalue weighted by Gasteiger charge is 2.26. The number of carbonyl (C=O) groups excluding carboxylic acids is 1. The number of carbonyl (C=O) groups is 1. The van der Waals surface area contributed by atoms with Crippen LogP contribution < -0.4 is 14.2 Å². The van der Waals surface area contributed by atoms with Gasteiger partial charge >= 0.3 is 5.97 Å². The van der Waals surface area contributed by atoms with Gasteiger partial charge in [-0.2, -0.15) is 8.78 Å². The van der Waals surface area contributed by atoms with Gasteiger partial charge in [0.2, 0.25) is 29.1 Å². The fourth-order valence-electron chi connectivity index (χ4n) is 2.30. The van der Waals surface area contributed by atoms with E-state index >= 15 is 0 Å². The summed E-state index contributed by atoms with van der Waals surface area (Å²) in [4.78, 5) is 11.5. The van der Waals surface area contributed by atoms with Crippen molar-refractivity contribution in [1.29, 1.82) is 0 Å². The summed E-state index contributed by atoms with van der Waals surface area (Å²) < 4.78 is 86.1. The first-order valence-electron chi connectivity index (χ1n) is 8.35. The van der Waals surface area contributed by atoms with Crippen LogP contribution in [0.15, 0.2) is 18.2 Å². The van der Waals surface area contributed by atoms with Gasteiger partial charge in [-0.25, -0.2) is 18.0 Å². The van der Waals surface area contributed by atoms with Crippen molar-refractivity contribution < 1.29 is 45.7 Å². The molecule has 0 saturated heterocycles. The molecule has 0 unspecified atom stereocenters. The molecule has 2 aromatic rings. The van der Waals surface area contributed by atoms with Crippen molar-refractivity contribution in [2.24, 2.45) is 0 Å². The molecular weight excluding hydrogens is 403 g/mol. The van der Waals surface area contributed by atoms with Crippen LogP contribution in [0.25, 0.3) is 0 Å². The van der Waals surface area contributed by atoms with Crippen molar-refractivity contribution in [1.82, 2.24) is 0 Å². The first kappa shape index (κ1) is 22.3. The average Bonchev–Trinajstić information content (AvgIpc) is 2.74. The number of ether oxygens (including phenoxy) is 4. The molecule has 0 spiro atoms. The number of esters is 1. The fourth-order valence-corrected chi connectivity index (χ4v) is 2.30. The standard InChI is InChI=1S/C19H17F5O5/c1-26-12-9-10(19(25)27-2)5-6-11(12)28-7-3-4-8-29-18-16(23)14(21)13(20)15(22)17(18)24/h5-6,9H,3-4,7-8H2,1-2H3. The van der Waals surface area contributed by atoms with Crippen molar-refractivity contribution in [3.8, 4) is 17.2 Å². The number of halogens is 5. The summed E-state index contributed by atoms with van der Waals surface area (Å²) in [5, 5.41) is 0. The smallest absolute Gasteiger partial charge is 0.337 e. The molecule has 158 valence electrons. The summed E-state index contributed by atoms with van der Waals surface area (Å²) in [7, 11) is 2.63. The Morgan fingerprint density at radius 3 is 1.90 bits per heavy atom. The van der Waals surface area contributed by atoms with E-state index in [1.165, 1.54) is 32.4 Å². The van der Waals surface area contributed by atoms with Gasteiger partial charge in [0.25, 0.3) is 0 Å². The van der Waals surface area contributed by atoms with Crippen molar-refractivity contribution in [2.45, 2.75) is 12.8 Å². The summed E-state index contributed by atoms with van der Waals surface area (Å²) in [5.74, 6) is -11.6. The van der Waals surface area contributed by atoms with Crippen LogP contribution in [0.5, 0.6) is 17.2 Å². The molecule has 0 fully saturated rings. The topological polar surface area (TPSA) is 54.0 Å². The number of benzene rings is 2. The van der Waals surface area contributed by atoms with E-state index in [9.17, 15) is 26.7 Å². The monoisotopic (exact) mass is 420 g/mol. The third-order valence-electron chi connectivity index (χ3n) is 3.80.